The van der Waals surface area contributed by atoms with Gasteiger partial charge in [0, 0.05) is 0 Å². The number of aryl methyl sites for hydroxylation is 1. The molecule has 0 atom stereocenters. The first-order valence-corrected chi connectivity index (χ1v) is 7.98. The van der Waals surface area contributed by atoms with Crippen LogP contribution >= 0.6 is 0 Å². The van der Waals surface area contributed by atoms with E-state index in [4.69, 9.17) is 11.5 Å². The molecule has 0 aliphatic heterocycles. The zero-order valence-electron chi connectivity index (χ0n) is 10.8. The molecule has 1 aromatic heterocycles. The number of nitrogens with zero attached hydrogens (tertiary/aromatic N) is 2. The molecule has 0 radical (unpaired) electrons. The molecule has 0 saturated carbocycles. The predicted octanol–water partition coefficient (Wildman–Crippen LogP) is 0.807. The van der Waals surface area contributed by atoms with Gasteiger partial charge in [-0.3, -0.25) is 0 Å². The molecule has 18 heavy (non-hydrogen) atoms. The van der Waals surface area contributed by atoms with Gasteiger partial charge in [-0.15, -0.1) is 0 Å². The Morgan fingerprint density at radius 1 is 1.61 bits per heavy atom. The number of rotatable bonds is 5. The van der Waals surface area contributed by atoms with Crippen molar-refractivity contribution in [1.82, 2.24) is 4.98 Å². The first kappa shape index (κ1) is 14.9. The summed E-state index contributed by atoms with van der Waals surface area (Å²) in [5.74, 6) is 0.894. The predicted molar refractivity (Wildman–Crippen MR) is 77.8 cm³/mol. The van der Waals surface area contributed by atoms with Crippen LogP contribution in [0.3, 0.4) is 0 Å². The fourth-order valence-electron chi connectivity index (χ4n) is 1.69. The number of hydrogen-bond acceptors (Lipinski definition) is 5. The summed E-state index contributed by atoms with van der Waals surface area (Å²) in [7, 11) is 1.72. The van der Waals surface area contributed by atoms with E-state index in [1.165, 1.54) is 0 Å². The zero-order chi connectivity index (χ0) is 13.5. The Balaban J connectivity index is 3.14. The van der Waals surface area contributed by atoms with Gasteiger partial charge >= 0.3 is 124 Å². The van der Waals surface area contributed by atoms with Gasteiger partial charge in [0.1, 0.15) is 0 Å². The summed E-state index contributed by atoms with van der Waals surface area (Å²) in [6.07, 6.45) is 4.81. The average molecular weight is 437 g/mol. The second kappa shape index (κ2) is 7.35. The fraction of sp³-hybridized carbons (Fsp3) is 0.333. The van der Waals surface area contributed by atoms with Crippen molar-refractivity contribution in [3.05, 3.63) is 29.1 Å². The van der Waals surface area contributed by atoms with Crippen molar-refractivity contribution < 1.29 is 0 Å². The fourth-order valence-corrected chi connectivity index (χ4v) is 2.26. The van der Waals surface area contributed by atoms with Crippen molar-refractivity contribution in [1.29, 1.82) is 0 Å². The van der Waals surface area contributed by atoms with Crippen molar-refractivity contribution in [2.24, 2.45) is 10.7 Å². The van der Waals surface area contributed by atoms with Crippen LogP contribution in [0.5, 0.6) is 0 Å². The van der Waals surface area contributed by atoms with Crippen molar-refractivity contribution in [3.8, 4) is 0 Å². The van der Waals surface area contributed by atoms with E-state index in [1.807, 2.05) is 6.07 Å². The summed E-state index contributed by atoms with van der Waals surface area (Å²) in [5, 5.41) is 0. The van der Waals surface area contributed by atoms with Crippen LogP contribution in [-0.2, 0) is 12.8 Å². The van der Waals surface area contributed by atoms with E-state index < -0.39 is 0 Å². The molecule has 0 aliphatic rings. The SMILES string of the molecule is CCc1nc([NH][Tl])cc(C/C(C=NC)=C/N)c1N. The van der Waals surface area contributed by atoms with Crippen LogP contribution in [-0.4, -0.2) is 44.3 Å². The van der Waals surface area contributed by atoms with Crippen LogP contribution in [0.15, 0.2) is 22.8 Å². The Morgan fingerprint density at radius 2 is 2.33 bits per heavy atom. The van der Waals surface area contributed by atoms with Crippen molar-refractivity contribution in [2.75, 3.05) is 15.9 Å². The summed E-state index contributed by atoms with van der Waals surface area (Å²) < 4.78 is 3.21. The van der Waals surface area contributed by atoms with Crippen molar-refractivity contribution in [3.63, 3.8) is 0 Å². The van der Waals surface area contributed by atoms with Gasteiger partial charge in [0.15, 0.2) is 0 Å². The number of hydrogen-bond donors (Lipinski definition) is 3. The van der Waals surface area contributed by atoms with E-state index in [-0.39, 0.29) is 0 Å². The Bertz CT molecular complexity index is 468. The molecular formula is C12H18N5Tl. The average Bonchev–Trinajstić information content (AvgIpc) is 2.40. The van der Waals surface area contributed by atoms with Crippen LogP contribution in [0.1, 0.15) is 18.2 Å². The van der Waals surface area contributed by atoms with Crippen molar-refractivity contribution >= 4 is 43.8 Å². The number of aliphatic imine (C=N–C) groups is 1. The van der Waals surface area contributed by atoms with Crippen LogP contribution in [0.25, 0.3) is 0 Å². The van der Waals surface area contributed by atoms with Crippen LogP contribution in [0.4, 0.5) is 11.5 Å². The first-order chi connectivity index (χ1) is 8.65. The van der Waals surface area contributed by atoms with Gasteiger partial charge in [-0.2, -0.15) is 0 Å². The Labute approximate surface area is 124 Å². The molecule has 1 heterocycles. The Hall–Kier alpha value is -1.12. The van der Waals surface area contributed by atoms with E-state index in [1.54, 1.807) is 19.5 Å². The number of nitrogens with one attached hydrogen (secondary N) is 1. The summed E-state index contributed by atoms with van der Waals surface area (Å²) in [6, 6.07) is 1.99. The molecule has 0 aliphatic carbocycles. The zero-order valence-corrected chi connectivity index (χ0v) is 15.3. The molecule has 0 aromatic carbocycles. The summed E-state index contributed by atoms with van der Waals surface area (Å²) in [5.41, 5.74) is 15.4. The molecule has 1 aromatic rings. The maximum absolute atomic E-state index is 6.13. The molecule has 0 unspecified atom stereocenters. The molecule has 5 nitrogen and oxygen atoms in total. The quantitative estimate of drug-likeness (QED) is 0.471. The summed E-state index contributed by atoms with van der Waals surface area (Å²) in [4.78, 5) is 8.45. The van der Waals surface area contributed by atoms with Crippen LogP contribution in [0.2, 0.25) is 0 Å². The monoisotopic (exact) mass is 437 g/mol. The minimum absolute atomic E-state index is 0.658. The molecule has 0 bridgehead atoms. The third-order valence-electron chi connectivity index (χ3n) is 2.61. The molecule has 0 amide bonds. The molecule has 0 saturated heterocycles. The maximum atomic E-state index is 6.13. The van der Waals surface area contributed by atoms with Crippen LogP contribution in [0, 0.1) is 0 Å². The second-order valence-corrected chi connectivity index (χ2v) is 4.95. The third-order valence-corrected chi connectivity index (χ3v) is 3.76. The topological polar surface area (TPSA) is 89.3 Å². The van der Waals surface area contributed by atoms with Gasteiger partial charge in [0.2, 0.25) is 0 Å². The van der Waals surface area contributed by atoms with Gasteiger partial charge in [-0.25, -0.2) is 0 Å². The number of aromatic nitrogens is 1. The molecule has 5 N–H and O–H groups in total. The van der Waals surface area contributed by atoms with Gasteiger partial charge in [0.25, 0.3) is 0 Å². The molecule has 0 fully saturated rings. The van der Waals surface area contributed by atoms with Gasteiger partial charge in [0.05, 0.1) is 0 Å². The molecule has 6 heteroatoms. The third kappa shape index (κ3) is 3.69. The van der Waals surface area contributed by atoms with E-state index in [0.717, 1.165) is 34.8 Å². The van der Waals surface area contributed by atoms with Gasteiger partial charge < -0.3 is 0 Å². The number of allylic oxidation sites excluding steroid dienone is 1. The van der Waals surface area contributed by atoms with E-state index >= 15 is 0 Å². The summed E-state index contributed by atoms with van der Waals surface area (Å²) in [6.45, 7) is 2.05. The second-order valence-electron chi connectivity index (χ2n) is 3.83. The minimum atomic E-state index is 0.658. The van der Waals surface area contributed by atoms with E-state index in [0.29, 0.717) is 32.5 Å². The Kier molecular flexibility index (Phi) is 6.10. The number of pyridine rings is 1. The molecule has 94 valence electrons. The van der Waals surface area contributed by atoms with E-state index in [2.05, 4.69) is 20.0 Å². The van der Waals surface area contributed by atoms with E-state index in [9.17, 15) is 0 Å². The number of nitrogen functional groups attached to an aromatic ring is 1. The number of anilines is 2. The Morgan fingerprint density at radius 3 is 2.83 bits per heavy atom. The molecule has 1 rings (SSSR count). The normalized spacial score (nSPS) is 11.9. The van der Waals surface area contributed by atoms with Crippen LogP contribution < -0.4 is 14.6 Å². The van der Waals surface area contributed by atoms with Crippen molar-refractivity contribution in [2.45, 2.75) is 19.8 Å². The van der Waals surface area contributed by atoms with Gasteiger partial charge in [-0.05, 0) is 0 Å². The molecule has 0 spiro atoms. The molecular weight excluding hydrogens is 419 g/mol. The first-order valence-electron chi connectivity index (χ1n) is 5.74. The number of nitrogens with two attached hydrogens (primary N) is 2. The summed E-state index contributed by atoms with van der Waals surface area (Å²) >= 11 is 0.658. The standard InChI is InChI=1S/C12H18N5.Tl/c1-3-10-12(15)9(5-11(14)17-10)4-8(6-13)7-16-2;/h5-7H,3-4,13,15H2,1-2H3,(H-,14,17);/q-1;+1/b8-6-,16-7?;. The van der Waals surface area contributed by atoms with Gasteiger partial charge in [-0.1, -0.05) is 0 Å².